The van der Waals surface area contributed by atoms with Crippen molar-refractivity contribution in [2.75, 3.05) is 44.2 Å². The maximum atomic E-state index is 11.0. The van der Waals surface area contributed by atoms with Gasteiger partial charge in [-0.25, -0.2) is 4.98 Å². The fourth-order valence-electron chi connectivity index (χ4n) is 2.32. The van der Waals surface area contributed by atoms with Gasteiger partial charge in [0.25, 0.3) is 0 Å². The summed E-state index contributed by atoms with van der Waals surface area (Å²) < 4.78 is 0. The number of nitro groups is 1. The minimum Gasteiger partial charge on any atom is -0.395 e. The minimum absolute atomic E-state index is 0.0538. The van der Waals surface area contributed by atoms with E-state index in [2.05, 4.69) is 9.88 Å². The highest BCUT2D eigenvalue weighted by Gasteiger charge is 2.22. The summed E-state index contributed by atoms with van der Waals surface area (Å²) in [7, 11) is 0. The Bertz CT molecular complexity index is 441. The van der Waals surface area contributed by atoms with Gasteiger partial charge in [0.15, 0.2) is 0 Å². The first-order valence-corrected chi connectivity index (χ1v) is 6.40. The SMILES string of the molecule is O=[N+]([O-])c1cccnc1N1CCCN(CCO)CC1. The number of hydrogen-bond donors (Lipinski definition) is 1. The number of β-amino-alcohol motifs (C(OH)–C–C–N with tert-alkyl or cyclic N) is 1. The van der Waals surface area contributed by atoms with E-state index in [0.717, 1.165) is 26.1 Å². The lowest BCUT2D eigenvalue weighted by atomic mass is 10.3. The third-order valence-electron chi connectivity index (χ3n) is 3.27. The van der Waals surface area contributed by atoms with Crippen molar-refractivity contribution >= 4 is 11.5 Å². The van der Waals surface area contributed by atoms with Crippen LogP contribution < -0.4 is 4.90 Å². The van der Waals surface area contributed by atoms with Crippen LogP contribution in [0.2, 0.25) is 0 Å². The zero-order valence-corrected chi connectivity index (χ0v) is 10.7. The van der Waals surface area contributed by atoms with E-state index in [9.17, 15) is 10.1 Å². The molecule has 0 saturated carbocycles. The smallest absolute Gasteiger partial charge is 0.311 e. The van der Waals surface area contributed by atoms with Gasteiger partial charge in [-0.05, 0) is 19.0 Å². The fourth-order valence-corrected chi connectivity index (χ4v) is 2.32. The molecule has 0 spiro atoms. The molecule has 0 amide bonds. The van der Waals surface area contributed by atoms with Crippen LogP contribution >= 0.6 is 0 Å². The molecule has 1 N–H and O–H groups in total. The molecule has 1 aliphatic heterocycles. The molecule has 1 aromatic heterocycles. The number of anilines is 1. The lowest BCUT2D eigenvalue weighted by Crippen LogP contribution is -2.33. The summed E-state index contributed by atoms with van der Waals surface area (Å²) in [6.45, 7) is 3.92. The Labute approximate surface area is 111 Å². The van der Waals surface area contributed by atoms with Gasteiger partial charge in [0, 0.05) is 38.4 Å². The van der Waals surface area contributed by atoms with Crippen LogP contribution in [0.25, 0.3) is 0 Å². The van der Waals surface area contributed by atoms with Crippen molar-refractivity contribution in [3.8, 4) is 0 Å². The van der Waals surface area contributed by atoms with Crippen LogP contribution in [0.5, 0.6) is 0 Å². The van der Waals surface area contributed by atoms with Crippen molar-refractivity contribution in [2.24, 2.45) is 0 Å². The molecule has 1 aromatic rings. The van der Waals surface area contributed by atoms with Crippen LogP contribution in [-0.4, -0.2) is 59.2 Å². The molecule has 1 saturated heterocycles. The van der Waals surface area contributed by atoms with E-state index in [-0.39, 0.29) is 12.3 Å². The number of pyridine rings is 1. The van der Waals surface area contributed by atoms with Gasteiger partial charge in [0.05, 0.1) is 11.5 Å². The second-order valence-corrected chi connectivity index (χ2v) is 4.51. The Balaban J connectivity index is 2.12. The number of aliphatic hydroxyl groups is 1. The van der Waals surface area contributed by atoms with Gasteiger partial charge in [-0.3, -0.25) is 15.0 Å². The summed E-state index contributed by atoms with van der Waals surface area (Å²) in [5.74, 6) is 0.443. The Morgan fingerprint density at radius 2 is 2.21 bits per heavy atom. The topological polar surface area (TPSA) is 82.7 Å². The summed E-state index contributed by atoms with van der Waals surface area (Å²) in [6.07, 6.45) is 2.49. The molecule has 0 aliphatic carbocycles. The molecule has 104 valence electrons. The highest BCUT2D eigenvalue weighted by atomic mass is 16.6. The number of nitrogens with zero attached hydrogens (tertiary/aromatic N) is 4. The van der Waals surface area contributed by atoms with E-state index in [1.54, 1.807) is 12.3 Å². The average Bonchev–Trinajstić information content (AvgIpc) is 2.65. The third-order valence-corrected chi connectivity index (χ3v) is 3.27. The van der Waals surface area contributed by atoms with Gasteiger partial charge < -0.3 is 10.0 Å². The molecular weight excluding hydrogens is 248 g/mol. The van der Waals surface area contributed by atoms with E-state index in [1.807, 2.05) is 4.90 Å². The summed E-state index contributed by atoms with van der Waals surface area (Å²) in [5, 5.41) is 20.0. The Hall–Kier alpha value is -1.73. The second-order valence-electron chi connectivity index (χ2n) is 4.51. The first kappa shape index (κ1) is 13.7. The van der Waals surface area contributed by atoms with Crippen LogP contribution in [0.3, 0.4) is 0 Å². The Morgan fingerprint density at radius 1 is 1.37 bits per heavy atom. The van der Waals surface area contributed by atoms with E-state index in [4.69, 9.17) is 5.11 Å². The molecule has 7 nitrogen and oxygen atoms in total. The first-order chi connectivity index (χ1) is 9.22. The minimum atomic E-state index is -0.390. The zero-order chi connectivity index (χ0) is 13.7. The molecule has 1 aliphatic rings. The van der Waals surface area contributed by atoms with E-state index < -0.39 is 4.92 Å². The Kier molecular flexibility index (Phi) is 4.64. The predicted molar refractivity (Wildman–Crippen MR) is 71.2 cm³/mol. The standard InChI is InChI=1S/C12H18N4O3/c17-10-9-14-5-2-6-15(8-7-14)12-11(16(18)19)3-1-4-13-12/h1,3-4,17H,2,5-10H2. The molecule has 0 aromatic carbocycles. The molecule has 7 heteroatoms. The third kappa shape index (κ3) is 3.39. The summed E-state index contributed by atoms with van der Waals surface area (Å²) in [4.78, 5) is 18.9. The van der Waals surface area contributed by atoms with E-state index >= 15 is 0 Å². The van der Waals surface area contributed by atoms with Gasteiger partial charge >= 0.3 is 5.69 Å². The summed E-state index contributed by atoms with van der Waals surface area (Å²) in [5.41, 5.74) is 0.0538. The average molecular weight is 266 g/mol. The number of aromatic nitrogens is 1. The first-order valence-electron chi connectivity index (χ1n) is 6.40. The van der Waals surface area contributed by atoms with Crippen molar-refractivity contribution in [3.63, 3.8) is 0 Å². The lowest BCUT2D eigenvalue weighted by Gasteiger charge is -2.21. The molecule has 0 unspecified atom stereocenters. The van der Waals surface area contributed by atoms with Crippen molar-refractivity contribution < 1.29 is 10.0 Å². The maximum absolute atomic E-state index is 11.0. The second kappa shape index (κ2) is 6.44. The van der Waals surface area contributed by atoms with E-state index in [0.29, 0.717) is 18.9 Å². The van der Waals surface area contributed by atoms with Gasteiger partial charge in [0.1, 0.15) is 0 Å². The van der Waals surface area contributed by atoms with Crippen LogP contribution in [0.1, 0.15) is 6.42 Å². The molecule has 0 atom stereocenters. The van der Waals surface area contributed by atoms with E-state index in [1.165, 1.54) is 6.07 Å². The summed E-state index contributed by atoms with van der Waals surface area (Å²) in [6, 6.07) is 3.07. The van der Waals surface area contributed by atoms with Crippen molar-refractivity contribution in [3.05, 3.63) is 28.4 Å². The van der Waals surface area contributed by atoms with Gasteiger partial charge in [-0.15, -0.1) is 0 Å². The van der Waals surface area contributed by atoms with Crippen molar-refractivity contribution in [2.45, 2.75) is 6.42 Å². The molecule has 2 rings (SSSR count). The van der Waals surface area contributed by atoms with Crippen molar-refractivity contribution in [1.82, 2.24) is 9.88 Å². The largest absolute Gasteiger partial charge is 0.395 e. The van der Waals surface area contributed by atoms with Crippen LogP contribution in [0, 0.1) is 10.1 Å². The maximum Gasteiger partial charge on any atom is 0.311 e. The molecular formula is C12H18N4O3. The Morgan fingerprint density at radius 3 is 2.95 bits per heavy atom. The van der Waals surface area contributed by atoms with Crippen molar-refractivity contribution in [1.29, 1.82) is 0 Å². The highest BCUT2D eigenvalue weighted by molar-refractivity contribution is 5.57. The molecule has 0 bridgehead atoms. The lowest BCUT2D eigenvalue weighted by molar-refractivity contribution is -0.384. The number of rotatable bonds is 4. The van der Waals surface area contributed by atoms with Crippen LogP contribution in [0.15, 0.2) is 18.3 Å². The number of aliphatic hydroxyl groups excluding tert-OH is 1. The molecule has 19 heavy (non-hydrogen) atoms. The van der Waals surface area contributed by atoms with Gasteiger partial charge in [-0.2, -0.15) is 0 Å². The summed E-state index contributed by atoms with van der Waals surface area (Å²) >= 11 is 0. The molecule has 1 fully saturated rings. The predicted octanol–water partition coefficient (Wildman–Crippen LogP) is 0.494. The van der Waals surface area contributed by atoms with Gasteiger partial charge in [-0.1, -0.05) is 0 Å². The molecule has 2 heterocycles. The van der Waals surface area contributed by atoms with Crippen LogP contribution in [0.4, 0.5) is 11.5 Å². The normalized spacial score (nSPS) is 17.2. The zero-order valence-electron chi connectivity index (χ0n) is 10.7. The van der Waals surface area contributed by atoms with Crippen LogP contribution in [-0.2, 0) is 0 Å². The monoisotopic (exact) mass is 266 g/mol. The number of hydrogen-bond acceptors (Lipinski definition) is 6. The highest BCUT2D eigenvalue weighted by Crippen LogP contribution is 2.25. The fraction of sp³-hybridized carbons (Fsp3) is 0.583. The molecule has 0 radical (unpaired) electrons. The van der Waals surface area contributed by atoms with Gasteiger partial charge in [0.2, 0.25) is 5.82 Å². The quantitative estimate of drug-likeness (QED) is 0.631.